The molecule has 2 N–H and O–H groups in total. The number of pyridine rings is 1. The fourth-order valence-electron chi connectivity index (χ4n) is 4.33. The lowest BCUT2D eigenvalue weighted by atomic mass is 9.85. The number of anilines is 1. The molecule has 2 saturated carbocycles. The number of fused-ring (bicyclic) bond motifs is 1. The molecule has 0 aliphatic heterocycles. The predicted octanol–water partition coefficient (Wildman–Crippen LogP) is 6.09. The number of carbonyl (C=O) groups is 2. The number of halogens is 1. The number of alkyl carbamates (subject to hydrolysis) is 1. The van der Waals surface area contributed by atoms with Crippen molar-refractivity contribution in [3.8, 4) is 0 Å². The number of carbonyl (C=O) groups excluding carboxylic acids is 2. The smallest absolute Gasteiger partial charge is 0.407 e. The number of nitrogens with zero attached hydrogens (tertiary/aromatic N) is 1. The van der Waals surface area contributed by atoms with Gasteiger partial charge in [0, 0.05) is 34.6 Å². The van der Waals surface area contributed by atoms with Gasteiger partial charge in [0.05, 0.1) is 16.8 Å². The largest absolute Gasteiger partial charge is 0.444 e. The number of hydrogen-bond donors (Lipinski definition) is 2. The van der Waals surface area contributed by atoms with Crippen LogP contribution in [-0.2, 0) is 4.74 Å². The van der Waals surface area contributed by atoms with Crippen molar-refractivity contribution >= 4 is 44.4 Å². The van der Waals surface area contributed by atoms with Gasteiger partial charge in [-0.2, -0.15) is 0 Å². The zero-order valence-electron chi connectivity index (χ0n) is 19.0. The van der Waals surface area contributed by atoms with Crippen LogP contribution < -0.4 is 10.6 Å². The second kappa shape index (κ2) is 9.38. The number of benzene rings is 1. The summed E-state index contributed by atoms with van der Waals surface area (Å²) >= 11 is 3.56. The van der Waals surface area contributed by atoms with E-state index in [0.29, 0.717) is 24.1 Å². The molecular formula is C25H32BrN3O3. The number of aromatic nitrogens is 1. The minimum Gasteiger partial charge on any atom is -0.444 e. The summed E-state index contributed by atoms with van der Waals surface area (Å²) in [6.07, 6.45) is 7.38. The fourth-order valence-corrected chi connectivity index (χ4v) is 4.69. The van der Waals surface area contributed by atoms with E-state index < -0.39 is 5.60 Å². The Hall–Kier alpha value is -2.15. The van der Waals surface area contributed by atoms with Gasteiger partial charge in [-0.25, -0.2) is 4.79 Å². The average molecular weight is 502 g/mol. The molecule has 2 aliphatic rings. The number of rotatable bonds is 6. The normalized spacial score (nSPS) is 21.2. The quantitative estimate of drug-likeness (QED) is 0.468. The van der Waals surface area contributed by atoms with E-state index in [0.717, 1.165) is 59.6 Å². The Labute approximate surface area is 198 Å². The lowest BCUT2D eigenvalue weighted by molar-refractivity contribution is 0.0515. The lowest BCUT2D eigenvalue weighted by Crippen LogP contribution is -2.37. The van der Waals surface area contributed by atoms with Gasteiger partial charge in [-0.1, -0.05) is 15.9 Å². The monoisotopic (exact) mass is 501 g/mol. The molecule has 0 unspecified atom stereocenters. The van der Waals surface area contributed by atoms with E-state index in [9.17, 15) is 9.59 Å². The summed E-state index contributed by atoms with van der Waals surface area (Å²) in [5.74, 6) is 0.796. The van der Waals surface area contributed by atoms with Crippen molar-refractivity contribution in [2.45, 2.75) is 70.9 Å². The maximum Gasteiger partial charge on any atom is 0.407 e. The highest BCUT2D eigenvalue weighted by atomic mass is 79.9. The molecule has 2 fully saturated rings. The van der Waals surface area contributed by atoms with Crippen molar-refractivity contribution in [1.29, 1.82) is 0 Å². The number of amides is 1. The molecular weight excluding hydrogens is 470 g/mol. The van der Waals surface area contributed by atoms with Gasteiger partial charge in [0.15, 0.2) is 5.78 Å². The number of hydrogen-bond acceptors (Lipinski definition) is 5. The zero-order chi connectivity index (χ0) is 22.9. The second-order valence-electron chi connectivity index (χ2n) is 10.1. The first kappa shape index (κ1) is 23.0. The molecule has 7 heteroatoms. The van der Waals surface area contributed by atoms with E-state index in [4.69, 9.17) is 4.74 Å². The summed E-state index contributed by atoms with van der Waals surface area (Å²) in [4.78, 5) is 29.4. The minimum atomic E-state index is -0.483. The van der Waals surface area contributed by atoms with Crippen LogP contribution in [0.3, 0.4) is 0 Å². The molecule has 0 spiro atoms. The summed E-state index contributed by atoms with van der Waals surface area (Å²) in [7, 11) is 0. The number of Topliss-reactive ketones (excluding diaryl/α,β-unsaturated/α-hetero) is 1. The highest BCUT2D eigenvalue weighted by Gasteiger charge is 2.33. The predicted molar refractivity (Wildman–Crippen MR) is 130 cm³/mol. The molecule has 0 bridgehead atoms. The molecule has 0 atom stereocenters. The number of ether oxygens (including phenoxy) is 1. The molecule has 172 valence electrons. The number of nitrogens with one attached hydrogen (secondary N) is 2. The summed E-state index contributed by atoms with van der Waals surface area (Å²) in [5, 5.41) is 7.60. The SMILES string of the molecule is CC(C)(C)OC(=O)NC[C@H]1CC[C@H](Nc2c(C(=O)C3CC3)cnc3ccc(Br)cc23)CC1. The lowest BCUT2D eigenvalue weighted by Gasteiger charge is -2.31. The third kappa shape index (κ3) is 5.80. The second-order valence-corrected chi connectivity index (χ2v) is 11.0. The van der Waals surface area contributed by atoms with E-state index in [1.807, 2.05) is 39.0 Å². The Morgan fingerprint density at radius 2 is 1.84 bits per heavy atom. The van der Waals surface area contributed by atoms with Crippen molar-refractivity contribution < 1.29 is 14.3 Å². The Balaban J connectivity index is 1.42. The third-order valence-corrected chi connectivity index (χ3v) is 6.67. The molecule has 1 heterocycles. The Bertz CT molecular complexity index is 1010. The minimum absolute atomic E-state index is 0.150. The van der Waals surface area contributed by atoms with Gasteiger partial charge in [-0.05, 0) is 83.4 Å². The van der Waals surface area contributed by atoms with Crippen LogP contribution >= 0.6 is 15.9 Å². The van der Waals surface area contributed by atoms with Crippen LogP contribution in [0.4, 0.5) is 10.5 Å². The molecule has 1 aromatic carbocycles. The first-order chi connectivity index (χ1) is 15.2. The van der Waals surface area contributed by atoms with E-state index >= 15 is 0 Å². The van der Waals surface area contributed by atoms with Crippen LogP contribution in [0.25, 0.3) is 10.9 Å². The van der Waals surface area contributed by atoms with Crippen LogP contribution in [-0.4, -0.2) is 35.0 Å². The van der Waals surface area contributed by atoms with Crippen LogP contribution in [0.5, 0.6) is 0 Å². The van der Waals surface area contributed by atoms with Crippen molar-refractivity contribution in [2.24, 2.45) is 11.8 Å². The fraction of sp³-hybridized carbons (Fsp3) is 0.560. The van der Waals surface area contributed by atoms with Crippen LogP contribution in [0.2, 0.25) is 0 Å². The number of ketones is 1. The van der Waals surface area contributed by atoms with Crippen LogP contribution in [0.15, 0.2) is 28.9 Å². The highest BCUT2D eigenvalue weighted by molar-refractivity contribution is 9.10. The van der Waals surface area contributed by atoms with Gasteiger partial charge in [-0.3, -0.25) is 9.78 Å². The molecule has 0 saturated heterocycles. The van der Waals surface area contributed by atoms with E-state index in [-0.39, 0.29) is 17.8 Å². The van der Waals surface area contributed by atoms with Crippen molar-refractivity contribution in [3.63, 3.8) is 0 Å². The van der Waals surface area contributed by atoms with Crippen LogP contribution in [0, 0.1) is 11.8 Å². The summed E-state index contributed by atoms with van der Waals surface area (Å²) in [6, 6.07) is 6.30. The molecule has 2 aliphatic carbocycles. The summed E-state index contributed by atoms with van der Waals surface area (Å²) in [5.41, 5.74) is 2.04. The standard InChI is InChI=1S/C25H32BrN3O3/c1-25(2,3)32-24(31)28-13-15-4-9-18(10-5-15)29-22-19-12-17(26)8-11-21(19)27-14-20(22)23(30)16-6-7-16/h8,11-12,14-16,18H,4-7,9-10,13H2,1-3H3,(H,27,29)(H,28,31)/t15-,18-. The third-order valence-electron chi connectivity index (χ3n) is 6.17. The van der Waals surface area contributed by atoms with Gasteiger partial charge in [-0.15, -0.1) is 0 Å². The van der Waals surface area contributed by atoms with Gasteiger partial charge < -0.3 is 15.4 Å². The summed E-state index contributed by atoms with van der Waals surface area (Å²) in [6.45, 7) is 6.24. The average Bonchev–Trinajstić information content (AvgIpc) is 3.57. The molecule has 1 aromatic heterocycles. The Kier molecular flexibility index (Phi) is 6.75. The van der Waals surface area contributed by atoms with Gasteiger partial charge in [0.25, 0.3) is 0 Å². The first-order valence-electron chi connectivity index (χ1n) is 11.6. The van der Waals surface area contributed by atoms with Gasteiger partial charge in [0.1, 0.15) is 5.60 Å². The first-order valence-corrected chi connectivity index (χ1v) is 12.3. The molecule has 6 nitrogen and oxygen atoms in total. The molecule has 1 amide bonds. The highest BCUT2D eigenvalue weighted by Crippen LogP contribution is 2.38. The van der Waals surface area contributed by atoms with Crippen molar-refractivity contribution in [3.05, 3.63) is 34.4 Å². The van der Waals surface area contributed by atoms with E-state index in [1.54, 1.807) is 6.20 Å². The Morgan fingerprint density at radius 1 is 1.12 bits per heavy atom. The van der Waals surface area contributed by atoms with Crippen molar-refractivity contribution in [1.82, 2.24) is 10.3 Å². The van der Waals surface area contributed by atoms with E-state index in [2.05, 4.69) is 31.5 Å². The maximum absolute atomic E-state index is 13.0. The zero-order valence-corrected chi connectivity index (χ0v) is 20.6. The topological polar surface area (TPSA) is 80.3 Å². The molecule has 4 rings (SSSR count). The Morgan fingerprint density at radius 3 is 2.50 bits per heavy atom. The van der Waals surface area contributed by atoms with Gasteiger partial charge >= 0.3 is 6.09 Å². The summed E-state index contributed by atoms with van der Waals surface area (Å²) < 4.78 is 6.31. The molecule has 2 aromatic rings. The van der Waals surface area contributed by atoms with Crippen molar-refractivity contribution in [2.75, 3.05) is 11.9 Å². The molecule has 32 heavy (non-hydrogen) atoms. The maximum atomic E-state index is 13.0. The van der Waals surface area contributed by atoms with Gasteiger partial charge in [0.2, 0.25) is 0 Å². The van der Waals surface area contributed by atoms with E-state index in [1.165, 1.54) is 0 Å². The molecule has 0 radical (unpaired) electrons. The van der Waals surface area contributed by atoms with Crippen LogP contribution in [0.1, 0.15) is 69.7 Å².